The molecule has 2 rings (SSSR count). The molecule has 5 nitrogen and oxygen atoms in total. The monoisotopic (exact) mass is 354 g/mol. The molecule has 2 N–H and O–H groups in total. The number of rotatable bonds is 6. The van der Waals surface area contributed by atoms with E-state index in [0.29, 0.717) is 17.0 Å². The standard InChI is InChI=1S/C21H26N2O3/c1-13(2)22-21(25)17-8-6-7-9-18(17)23-20(24)16(5)26-19-12-14(3)10-11-15(19)4/h6-13,16H,1-5H3,(H,22,25)(H,23,24)/t16-/m0/s1. The van der Waals surface area contributed by atoms with Gasteiger partial charge in [0.1, 0.15) is 5.75 Å². The van der Waals surface area contributed by atoms with Crippen molar-refractivity contribution in [3.05, 3.63) is 59.2 Å². The van der Waals surface area contributed by atoms with Gasteiger partial charge >= 0.3 is 0 Å². The number of para-hydroxylation sites is 1. The number of carbonyl (C=O) groups is 2. The molecule has 1 atom stereocenters. The van der Waals surface area contributed by atoms with Crippen LogP contribution in [0.5, 0.6) is 5.75 Å². The Bertz CT molecular complexity index is 800. The normalized spacial score (nSPS) is 11.8. The summed E-state index contributed by atoms with van der Waals surface area (Å²) in [7, 11) is 0. The zero-order valence-corrected chi connectivity index (χ0v) is 15.9. The molecule has 0 aromatic heterocycles. The molecule has 0 aliphatic heterocycles. The van der Waals surface area contributed by atoms with Gasteiger partial charge in [-0.15, -0.1) is 0 Å². The summed E-state index contributed by atoms with van der Waals surface area (Å²) in [5.41, 5.74) is 2.92. The third kappa shape index (κ3) is 5.09. The van der Waals surface area contributed by atoms with Gasteiger partial charge < -0.3 is 15.4 Å². The van der Waals surface area contributed by atoms with Crippen LogP contribution in [0.15, 0.2) is 42.5 Å². The first-order valence-electron chi connectivity index (χ1n) is 8.72. The number of hydrogen-bond donors (Lipinski definition) is 2. The largest absolute Gasteiger partial charge is 0.481 e. The highest BCUT2D eigenvalue weighted by Crippen LogP contribution is 2.21. The Hall–Kier alpha value is -2.82. The van der Waals surface area contributed by atoms with E-state index in [1.54, 1.807) is 31.2 Å². The van der Waals surface area contributed by atoms with Crippen LogP contribution in [-0.2, 0) is 4.79 Å². The number of amides is 2. The Balaban J connectivity index is 2.12. The van der Waals surface area contributed by atoms with Crippen molar-refractivity contribution in [2.45, 2.75) is 46.8 Å². The molecular formula is C21H26N2O3. The molecule has 0 radical (unpaired) electrons. The molecule has 0 heterocycles. The lowest BCUT2D eigenvalue weighted by Crippen LogP contribution is -2.33. The van der Waals surface area contributed by atoms with E-state index in [1.807, 2.05) is 45.9 Å². The molecule has 2 aromatic carbocycles. The van der Waals surface area contributed by atoms with Crippen LogP contribution in [0.4, 0.5) is 5.69 Å². The van der Waals surface area contributed by atoms with Crippen molar-refractivity contribution >= 4 is 17.5 Å². The molecular weight excluding hydrogens is 328 g/mol. The van der Waals surface area contributed by atoms with Gasteiger partial charge in [-0.05, 0) is 63.9 Å². The molecule has 2 aromatic rings. The predicted octanol–water partition coefficient (Wildman–Crippen LogP) is 3.85. The molecule has 0 saturated carbocycles. The summed E-state index contributed by atoms with van der Waals surface area (Å²) in [6.07, 6.45) is -0.697. The Morgan fingerprint density at radius 3 is 2.38 bits per heavy atom. The molecule has 0 aliphatic rings. The SMILES string of the molecule is Cc1ccc(C)c(O[C@@H](C)C(=O)Nc2ccccc2C(=O)NC(C)C)c1. The van der Waals surface area contributed by atoms with Gasteiger partial charge in [0.25, 0.3) is 11.8 Å². The van der Waals surface area contributed by atoms with Gasteiger partial charge in [0.15, 0.2) is 6.10 Å². The minimum atomic E-state index is -0.697. The summed E-state index contributed by atoms with van der Waals surface area (Å²) in [5.74, 6) is 0.146. The van der Waals surface area contributed by atoms with Crippen molar-refractivity contribution in [2.24, 2.45) is 0 Å². The van der Waals surface area contributed by atoms with Crippen LogP contribution in [0.1, 0.15) is 42.3 Å². The van der Waals surface area contributed by atoms with E-state index in [1.165, 1.54) is 0 Å². The lowest BCUT2D eigenvalue weighted by Gasteiger charge is -2.18. The Labute approximate surface area is 154 Å². The first kappa shape index (κ1) is 19.5. The van der Waals surface area contributed by atoms with E-state index >= 15 is 0 Å². The van der Waals surface area contributed by atoms with Crippen LogP contribution in [0, 0.1) is 13.8 Å². The van der Waals surface area contributed by atoms with Gasteiger partial charge in [-0.2, -0.15) is 0 Å². The molecule has 0 saturated heterocycles. The van der Waals surface area contributed by atoms with Crippen molar-refractivity contribution in [1.82, 2.24) is 5.32 Å². The zero-order chi connectivity index (χ0) is 19.3. The fraction of sp³-hybridized carbons (Fsp3) is 0.333. The van der Waals surface area contributed by atoms with Crippen LogP contribution in [0.3, 0.4) is 0 Å². The molecule has 138 valence electrons. The average molecular weight is 354 g/mol. The molecule has 0 aliphatic carbocycles. The van der Waals surface area contributed by atoms with Gasteiger partial charge in [0.2, 0.25) is 0 Å². The number of aryl methyl sites for hydroxylation is 2. The summed E-state index contributed by atoms with van der Waals surface area (Å²) in [5, 5.41) is 5.63. The second-order valence-corrected chi connectivity index (χ2v) is 6.69. The maximum Gasteiger partial charge on any atom is 0.265 e. The van der Waals surface area contributed by atoms with E-state index in [0.717, 1.165) is 11.1 Å². The Kier molecular flexibility index (Phi) is 6.39. The smallest absolute Gasteiger partial charge is 0.265 e. The summed E-state index contributed by atoms with van der Waals surface area (Å²) in [4.78, 5) is 24.8. The maximum absolute atomic E-state index is 12.5. The minimum absolute atomic E-state index is 0.0119. The van der Waals surface area contributed by atoms with Crippen LogP contribution in [0.25, 0.3) is 0 Å². The summed E-state index contributed by atoms with van der Waals surface area (Å²) in [6, 6.07) is 12.8. The quantitative estimate of drug-likeness (QED) is 0.828. The zero-order valence-electron chi connectivity index (χ0n) is 15.9. The van der Waals surface area contributed by atoms with Gasteiger partial charge in [-0.1, -0.05) is 24.3 Å². The Morgan fingerprint density at radius 2 is 1.69 bits per heavy atom. The average Bonchev–Trinajstić information content (AvgIpc) is 2.57. The van der Waals surface area contributed by atoms with Gasteiger partial charge in [0.05, 0.1) is 11.3 Å². The van der Waals surface area contributed by atoms with Crippen LogP contribution < -0.4 is 15.4 Å². The number of carbonyl (C=O) groups excluding carboxylic acids is 2. The number of nitrogens with one attached hydrogen (secondary N) is 2. The van der Waals surface area contributed by atoms with Crippen molar-refractivity contribution in [1.29, 1.82) is 0 Å². The van der Waals surface area contributed by atoms with Crippen molar-refractivity contribution in [3.63, 3.8) is 0 Å². The molecule has 0 bridgehead atoms. The molecule has 2 amide bonds. The minimum Gasteiger partial charge on any atom is -0.481 e. The topological polar surface area (TPSA) is 67.4 Å². The molecule has 0 unspecified atom stereocenters. The van der Waals surface area contributed by atoms with E-state index < -0.39 is 6.10 Å². The van der Waals surface area contributed by atoms with Crippen LogP contribution in [0.2, 0.25) is 0 Å². The molecule has 26 heavy (non-hydrogen) atoms. The van der Waals surface area contributed by atoms with E-state index in [9.17, 15) is 9.59 Å². The number of benzene rings is 2. The second-order valence-electron chi connectivity index (χ2n) is 6.69. The van der Waals surface area contributed by atoms with E-state index in [-0.39, 0.29) is 17.9 Å². The Morgan fingerprint density at radius 1 is 1.00 bits per heavy atom. The van der Waals surface area contributed by atoms with Crippen molar-refractivity contribution in [3.8, 4) is 5.75 Å². The van der Waals surface area contributed by atoms with E-state index in [2.05, 4.69) is 10.6 Å². The highest BCUT2D eigenvalue weighted by molar-refractivity contribution is 6.04. The van der Waals surface area contributed by atoms with Gasteiger partial charge in [-0.25, -0.2) is 0 Å². The number of anilines is 1. The predicted molar refractivity (Wildman–Crippen MR) is 104 cm³/mol. The number of hydrogen-bond acceptors (Lipinski definition) is 3. The summed E-state index contributed by atoms with van der Waals surface area (Å²) < 4.78 is 5.81. The van der Waals surface area contributed by atoms with Crippen LogP contribution >= 0.6 is 0 Å². The van der Waals surface area contributed by atoms with Crippen molar-refractivity contribution < 1.29 is 14.3 Å². The third-order valence-corrected chi connectivity index (χ3v) is 3.87. The molecule has 5 heteroatoms. The van der Waals surface area contributed by atoms with Gasteiger partial charge in [-0.3, -0.25) is 9.59 Å². The lowest BCUT2D eigenvalue weighted by molar-refractivity contribution is -0.122. The summed E-state index contributed by atoms with van der Waals surface area (Å²) >= 11 is 0. The highest BCUT2D eigenvalue weighted by Gasteiger charge is 2.19. The fourth-order valence-electron chi connectivity index (χ4n) is 2.44. The summed E-state index contributed by atoms with van der Waals surface area (Å²) in [6.45, 7) is 9.37. The molecule has 0 spiro atoms. The first-order chi connectivity index (χ1) is 12.3. The third-order valence-electron chi connectivity index (χ3n) is 3.87. The van der Waals surface area contributed by atoms with Crippen LogP contribution in [-0.4, -0.2) is 24.0 Å². The second kappa shape index (κ2) is 8.52. The lowest BCUT2D eigenvalue weighted by atomic mass is 10.1. The fourth-order valence-corrected chi connectivity index (χ4v) is 2.44. The number of ether oxygens (including phenoxy) is 1. The highest BCUT2D eigenvalue weighted by atomic mass is 16.5. The molecule has 0 fully saturated rings. The van der Waals surface area contributed by atoms with Gasteiger partial charge in [0, 0.05) is 6.04 Å². The van der Waals surface area contributed by atoms with Crippen molar-refractivity contribution in [2.75, 3.05) is 5.32 Å². The maximum atomic E-state index is 12.5. The first-order valence-corrected chi connectivity index (χ1v) is 8.72. The van der Waals surface area contributed by atoms with E-state index in [4.69, 9.17) is 4.74 Å².